The number of benzene rings is 1. The average Bonchev–Trinajstić information content (AvgIpc) is 2.78. The van der Waals surface area contributed by atoms with Crippen LogP contribution in [0.5, 0.6) is 0 Å². The van der Waals surface area contributed by atoms with Gasteiger partial charge in [0.1, 0.15) is 0 Å². The summed E-state index contributed by atoms with van der Waals surface area (Å²) >= 11 is 0. The van der Waals surface area contributed by atoms with E-state index < -0.39 is 0 Å². The zero-order chi connectivity index (χ0) is 13.2. The van der Waals surface area contributed by atoms with E-state index in [0.717, 1.165) is 43.4 Å². The van der Waals surface area contributed by atoms with Crippen molar-refractivity contribution in [1.82, 2.24) is 9.55 Å². The van der Waals surface area contributed by atoms with Gasteiger partial charge in [-0.15, -0.1) is 0 Å². The maximum atomic E-state index is 5.70. The molecule has 1 aliphatic heterocycles. The predicted octanol–water partition coefficient (Wildman–Crippen LogP) is 2.14. The fourth-order valence-electron chi connectivity index (χ4n) is 3.13. The Kier molecular flexibility index (Phi) is 3.42. The Labute approximate surface area is 114 Å². The maximum Gasteiger partial charge on any atom is 0.206 e. The highest BCUT2D eigenvalue weighted by Gasteiger charge is 2.22. The first-order chi connectivity index (χ1) is 9.29. The second-order valence-corrected chi connectivity index (χ2v) is 5.49. The zero-order valence-electron chi connectivity index (χ0n) is 11.5. The highest BCUT2D eigenvalue weighted by Crippen LogP contribution is 2.26. The van der Waals surface area contributed by atoms with Crippen LogP contribution in [0.4, 0.5) is 5.95 Å². The number of piperidine rings is 1. The fourth-order valence-corrected chi connectivity index (χ4v) is 3.13. The first kappa shape index (κ1) is 12.5. The van der Waals surface area contributed by atoms with E-state index in [1.54, 1.807) is 0 Å². The molecule has 0 aliphatic carbocycles. The van der Waals surface area contributed by atoms with E-state index in [1.807, 2.05) is 6.07 Å². The topological polar surface area (TPSA) is 47.1 Å². The number of fused-ring (bicyclic) bond motifs is 1. The lowest BCUT2D eigenvalue weighted by Crippen LogP contribution is -2.37. The Morgan fingerprint density at radius 2 is 2.21 bits per heavy atom. The Bertz CT molecular complexity index is 558. The lowest BCUT2D eigenvalue weighted by molar-refractivity contribution is 0.391. The number of rotatable bonds is 3. The molecule has 0 radical (unpaired) electrons. The van der Waals surface area contributed by atoms with Gasteiger partial charge in [0.05, 0.1) is 11.0 Å². The quantitative estimate of drug-likeness (QED) is 0.917. The van der Waals surface area contributed by atoms with Crippen LogP contribution >= 0.6 is 0 Å². The highest BCUT2D eigenvalue weighted by atomic mass is 15.3. The van der Waals surface area contributed by atoms with Crippen LogP contribution in [-0.2, 0) is 7.05 Å². The molecule has 3 rings (SSSR count). The summed E-state index contributed by atoms with van der Waals surface area (Å²) in [5.41, 5.74) is 7.99. The normalized spacial score (nSPS) is 20.1. The number of anilines is 1. The SMILES string of the molecule is Cn1c(N2CCCC(CCN)C2)nc2ccccc21. The number of aryl methyl sites for hydroxylation is 1. The molecule has 2 heterocycles. The zero-order valence-corrected chi connectivity index (χ0v) is 11.5. The Hall–Kier alpha value is -1.55. The summed E-state index contributed by atoms with van der Waals surface area (Å²) < 4.78 is 2.21. The van der Waals surface area contributed by atoms with Crippen molar-refractivity contribution in [3.63, 3.8) is 0 Å². The summed E-state index contributed by atoms with van der Waals surface area (Å²) in [5.74, 6) is 1.82. The third-order valence-corrected chi connectivity index (χ3v) is 4.14. The van der Waals surface area contributed by atoms with Gasteiger partial charge in [-0.1, -0.05) is 12.1 Å². The molecular formula is C15H22N4. The molecular weight excluding hydrogens is 236 g/mol. The Morgan fingerprint density at radius 3 is 3.00 bits per heavy atom. The van der Waals surface area contributed by atoms with Crippen LogP contribution in [-0.4, -0.2) is 29.2 Å². The molecule has 102 valence electrons. The van der Waals surface area contributed by atoms with Crippen LogP contribution in [0, 0.1) is 5.92 Å². The maximum absolute atomic E-state index is 5.70. The fraction of sp³-hybridized carbons (Fsp3) is 0.533. The summed E-state index contributed by atoms with van der Waals surface area (Å²) in [4.78, 5) is 7.21. The second kappa shape index (κ2) is 5.21. The molecule has 1 atom stereocenters. The van der Waals surface area contributed by atoms with Gasteiger partial charge in [0.25, 0.3) is 0 Å². The summed E-state index contributed by atoms with van der Waals surface area (Å²) in [5, 5.41) is 0. The standard InChI is InChI=1S/C15H22N4/c1-18-14-7-3-2-6-13(14)17-15(18)19-10-4-5-12(11-19)8-9-16/h2-3,6-7,12H,4-5,8-11,16H2,1H3. The first-order valence-electron chi connectivity index (χ1n) is 7.16. The van der Waals surface area contributed by atoms with Gasteiger partial charge < -0.3 is 15.2 Å². The molecule has 0 amide bonds. The summed E-state index contributed by atoms with van der Waals surface area (Å²) in [6.07, 6.45) is 3.67. The molecule has 0 bridgehead atoms. The van der Waals surface area contributed by atoms with Gasteiger partial charge in [-0.2, -0.15) is 0 Å². The van der Waals surface area contributed by atoms with Gasteiger partial charge in [-0.3, -0.25) is 0 Å². The van der Waals surface area contributed by atoms with Crippen LogP contribution in [0.2, 0.25) is 0 Å². The van der Waals surface area contributed by atoms with Crippen molar-refractivity contribution in [2.45, 2.75) is 19.3 Å². The van der Waals surface area contributed by atoms with Crippen LogP contribution in [0.1, 0.15) is 19.3 Å². The first-order valence-corrected chi connectivity index (χ1v) is 7.16. The van der Waals surface area contributed by atoms with Crippen molar-refractivity contribution >= 4 is 17.0 Å². The van der Waals surface area contributed by atoms with Crippen molar-refractivity contribution < 1.29 is 0 Å². The average molecular weight is 258 g/mol. The van der Waals surface area contributed by atoms with E-state index in [1.165, 1.54) is 18.4 Å². The number of hydrogen-bond donors (Lipinski definition) is 1. The van der Waals surface area contributed by atoms with Crippen LogP contribution in [0.3, 0.4) is 0 Å². The molecule has 1 aliphatic rings. The van der Waals surface area contributed by atoms with Gasteiger partial charge in [-0.05, 0) is 43.9 Å². The molecule has 1 saturated heterocycles. The van der Waals surface area contributed by atoms with E-state index in [4.69, 9.17) is 10.7 Å². The third-order valence-electron chi connectivity index (χ3n) is 4.14. The molecule has 1 fully saturated rings. The van der Waals surface area contributed by atoms with E-state index in [0.29, 0.717) is 0 Å². The number of imidazole rings is 1. The van der Waals surface area contributed by atoms with Crippen molar-refractivity contribution in [1.29, 1.82) is 0 Å². The minimum atomic E-state index is 0.721. The van der Waals surface area contributed by atoms with Gasteiger partial charge >= 0.3 is 0 Å². The molecule has 0 saturated carbocycles. The lowest BCUT2D eigenvalue weighted by atomic mass is 9.95. The van der Waals surface area contributed by atoms with Crippen molar-refractivity contribution in [2.24, 2.45) is 18.7 Å². The Balaban J connectivity index is 1.89. The van der Waals surface area contributed by atoms with Crippen molar-refractivity contribution in [3.05, 3.63) is 24.3 Å². The lowest BCUT2D eigenvalue weighted by Gasteiger charge is -2.33. The number of hydrogen-bond acceptors (Lipinski definition) is 3. The van der Waals surface area contributed by atoms with Crippen LogP contribution in [0.25, 0.3) is 11.0 Å². The number of para-hydroxylation sites is 2. The van der Waals surface area contributed by atoms with Crippen molar-refractivity contribution in [3.8, 4) is 0 Å². The predicted molar refractivity (Wildman–Crippen MR) is 79.3 cm³/mol. The molecule has 2 N–H and O–H groups in total. The molecule has 4 heteroatoms. The molecule has 1 unspecified atom stereocenters. The number of nitrogens with two attached hydrogens (primary N) is 1. The van der Waals surface area contributed by atoms with Gasteiger partial charge in [0.15, 0.2) is 0 Å². The summed E-state index contributed by atoms with van der Waals surface area (Å²) in [7, 11) is 2.11. The van der Waals surface area contributed by atoms with Gasteiger partial charge in [0, 0.05) is 20.1 Å². The molecule has 1 aromatic heterocycles. The van der Waals surface area contributed by atoms with Crippen LogP contribution in [0.15, 0.2) is 24.3 Å². The third kappa shape index (κ3) is 2.32. The highest BCUT2D eigenvalue weighted by molar-refractivity contribution is 5.78. The largest absolute Gasteiger partial charge is 0.342 e. The van der Waals surface area contributed by atoms with E-state index in [-0.39, 0.29) is 0 Å². The molecule has 0 spiro atoms. The minimum absolute atomic E-state index is 0.721. The monoisotopic (exact) mass is 258 g/mol. The summed E-state index contributed by atoms with van der Waals surface area (Å²) in [6.45, 7) is 2.99. The van der Waals surface area contributed by atoms with Gasteiger partial charge in [-0.25, -0.2) is 4.98 Å². The van der Waals surface area contributed by atoms with Crippen LogP contribution < -0.4 is 10.6 Å². The molecule has 2 aromatic rings. The van der Waals surface area contributed by atoms with Crippen molar-refractivity contribution in [2.75, 3.05) is 24.5 Å². The number of aromatic nitrogens is 2. The van der Waals surface area contributed by atoms with E-state index in [9.17, 15) is 0 Å². The van der Waals surface area contributed by atoms with E-state index >= 15 is 0 Å². The molecule has 4 nitrogen and oxygen atoms in total. The molecule has 1 aromatic carbocycles. The molecule has 19 heavy (non-hydrogen) atoms. The minimum Gasteiger partial charge on any atom is -0.342 e. The summed E-state index contributed by atoms with van der Waals surface area (Å²) in [6, 6.07) is 8.33. The number of nitrogens with zero attached hydrogens (tertiary/aromatic N) is 3. The second-order valence-electron chi connectivity index (χ2n) is 5.49. The van der Waals surface area contributed by atoms with E-state index in [2.05, 4.69) is 34.7 Å². The Morgan fingerprint density at radius 1 is 1.37 bits per heavy atom. The van der Waals surface area contributed by atoms with Gasteiger partial charge in [0.2, 0.25) is 5.95 Å². The smallest absolute Gasteiger partial charge is 0.206 e.